The Labute approximate surface area is 92.3 Å². The fourth-order valence-electron chi connectivity index (χ4n) is 1.78. The lowest BCUT2D eigenvalue weighted by atomic mass is 9.99. The van der Waals surface area contributed by atoms with Crippen LogP contribution in [0.4, 0.5) is 5.13 Å². The fourth-order valence-corrected chi connectivity index (χ4v) is 2.91. The van der Waals surface area contributed by atoms with Gasteiger partial charge in [0.2, 0.25) is 0 Å². The van der Waals surface area contributed by atoms with Crippen LogP contribution in [0.15, 0.2) is 5.38 Å². The molecule has 0 saturated carbocycles. The number of halogens is 1. The van der Waals surface area contributed by atoms with Gasteiger partial charge in [0.05, 0.1) is 11.6 Å². The maximum atomic E-state index is 9.80. The van der Waals surface area contributed by atoms with Gasteiger partial charge in [0.15, 0.2) is 5.13 Å². The Morgan fingerprint density at radius 2 is 2.43 bits per heavy atom. The number of aromatic nitrogens is 1. The summed E-state index contributed by atoms with van der Waals surface area (Å²) in [5.74, 6) is 0. The molecule has 1 aliphatic heterocycles. The normalized spacial score (nSPS) is 25.7. The van der Waals surface area contributed by atoms with Gasteiger partial charge in [-0.15, -0.1) is 11.3 Å². The van der Waals surface area contributed by atoms with Crippen molar-refractivity contribution in [2.45, 2.75) is 31.9 Å². The number of anilines is 1. The van der Waals surface area contributed by atoms with Gasteiger partial charge in [-0.05, 0) is 20.3 Å². The highest BCUT2D eigenvalue weighted by Crippen LogP contribution is 2.36. The Balaban J connectivity index is 2.28. The van der Waals surface area contributed by atoms with E-state index in [9.17, 15) is 5.11 Å². The number of rotatable bonds is 1. The van der Waals surface area contributed by atoms with Crippen molar-refractivity contribution < 1.29 is 5.11 Å². The van der Waals surface area contributed by atoms with Gasteiger partial charge < -0.3 is 10.0 Å². The van der Waals surface area contributed by atoms with Crippen molar-refractivity contribution in [1.82, 2.24) is 4.98 Å². The van der Waals surface area contributed by atoms with Gasteiger partial charge in [-0.3, -0.25) is 0 Å². The van der Waals surface area contributed by atoms with Crippen molar-refractivity contribution >= 4 is 28.1 Å². The summed E-state index contributed by atoms with van der Waals surface area (Å²) in [6, 6.07) is 0. The summed E-state index contributed by atoms with van der Waals surface area (Å²) in [6.45, 7) is 4.90. The molecule has 0 bridgehead atoms. The van der Waals surface area contributed by atoms with E-state index >= 15 is 0 Å². The molecule has 78 valence electrons. The molecular formula is C9H13ClN2OS. The smallest absolute Gasteiger partial charge is 0.187 e. The van der Waals surface area contributed by atoms with Crippen LogP contribution in [0.5, 0.6) is 0 Å². The van der Waals surface area contributed by atoms with Crippen LogP contribution in [-0.4, -0.2) is 28.3 Å². The highest BCUT2D eigenvalue weighted by molar-refractivity contribution is 7.14. The Morgan fingerprint density at radius 1 is 1.71 bits per heavy atom. The molecule has 5 heteroatoms. The molecule has 1 N–H and O–H groups in total. The van der Waals surface area contributed by atoms with Crippen LogP contribution in [0.2, 0.25) is 5.15 Å². The lowest BCUT2D eigenvalue weighted by Crippen LogP contribution is -2.45. The fraction of sp³-hybridized carbons (Fsp3) is 0.667. The van der Waals surface area contributed by atoms with E-state index < -0.39 is 0 Å². The zero-order valence-electron chi connectivity index (χ0n) is 8.20. The van der Waals surface area contributed by atoms with Crippen molar-refractivity contribution in [3.63, 3.8) is 0 Å². The summed E-state index contributed by atoms with van der Waals surface area (Å²) in [5.41, 5.74) is -0.235. The largest absolute Gasteiger partial charge is 0.391 e. The van der Waals surface area contributed by atoms with E-state index in [2.05, 4.69) is 9.88 Å². The molecule has 1 aromatic heterocycles. The van der Waals surface area contributed by atoms with Gasteiger partial charge in [-0.25, -0.2) is 4.98 Å². The maximum absolute atomic E-state index is 9.80. The molecule has 1 aliphatic rings. The van der Waals surface area contributed by atoms with Crippen LogP contribution < -0.4 is 4.90 Å². The first-order chi connectivity index (χ1) is 6.51. The van der Waals surface area contributed by atoms with E-state index in [0.717, 1.165) is 18.1 Å². The second-order valence-corrected chi connectivity index (χ2v) is 5.29. The summed E-state index contributed by atoms with van der Waals surface area (Å²) in [6.07, 6.45) is 0.509. The second-order valence-electron chi connectivity index (χ2n) is 4.06. The third kappa shape index (κ3) is 1.51. The van der Waals surface area contributed by atoms with E-state index in [1.54, 1.807) is 0 Å². The van der Waals surface area contributed by atoms with Gasteiger partial charge in [0, 0.05) is 11.9 Å². The number of aliphatic hydroxyl groups is 1. The number of hydrogen-bond donors (Lipinski definition) is 1. The van der Waals surface area contributed by atoms with Crippen LogP contribution >= 0.6 is 22.9 Å². The third-order valence-corrected chi connectivity index (χ3v) is 4.02. The molecule has 0 amide bonds. The highest BCUT2D eigenvalue weighted by Gasteiger charge is 2.41. The van der Waals surface area contributed by atoms with E-state index in [1.165, 1.54) is 11.3 Å². The molecule has 0 spiro atoms. The summed E-state index contributed by atoms with van der Waals surface area (Å²) in [5, 5.41) is 13.0. The number of nitrogens with zero attached hydrogens (tertiary/aromatic N) is 2. The molecule has 2 heterocycles. The summed E-state index contributed by atoms with van der Waals surface area (Å²) < 4.78 is 0. The van der Waals surface area contributed by atoms with Crippen molar-refractivity contribution in [3.05, 3.63) is 10.5 Å². The SMILES string of the molecule is CC1(C)C(O)CCN1c1nc(Cl)cs1. The number of thiazole rings is 1. The average Bonchev–Trinajstić information content (AvgIpc) is 2.60. The summed E-state index contributed by atoms with van der Waals surface area (Å²) >= 11 is 7.30. The van der Waals surface area contributed by atoms with E-state index in [1.807, 2.05) is 19.2 Å². The molecule has 2 rings (SSSR count). The topological polar surface area (TPSA) is 36.4 Å². The van der Waals surface area contributed by atoms with Crippen LogP contribution in [0, 0.1) is 0 Å². The second kappa shape index (κ2) is 3.36. The number of aliphatic hydroxyl groups excluding tert-OH is 1. The lowest BCUT2D eigenvalue weighted by molar-refractivity contribution is 0.127. The molecule has 3 nitrogen and oxygen atoms in total. The van der Waals surface area contributed by atoms with E-state index in [4.69, 9.17) is 11.6 Å². The number of hydrogen-bond acceptors (Lipinski definition) is 4. The highest BCUT2D eigenvalue weighted by atomic mass is 35.5. The van der Waals surface area contributed by atoms with Crippen molar-refractivity contribution in [3.8, 4) is 0 Å². The minimum Gasteiger partial charge on any atom is -0.391 e. The predicted octanol–water partition coefficient (Wildman–Crippen LogP) is 2.15. The van der Waals surface area contributed by atoms with Crippen molar-refractivity contribution in [2.75, 3.05) is 11.4 Å². The predicted molar refractivity (Wildman–Crippen MR) is 59.2 cm³/mol. The van der Waals surface area contributed by atoms with Gasteiger partial charge >= 0.3 is 0 Å². The molecule has 1 unspecified atom stereocenters. The molecule has 1 fully saturated rings. The standard InChI is InChI=1S/C9H13ClN2OS/c1-9(2)6(13)3-4-12(9)8-11-7(10)5-14-8/h5-6,13H,3-4H2,1-2H3. The molecule has 0 aliphatic carbocycles. The minimum absolute atomic E-state index is 0.235. The van der Waals surface area contributed by atoms with Gasteiger partial charge in [0.25, 0.3) is 0 Å². The quantitative estimate of drug-likeness (QED) is 0.806. The molecule has 1 aromatic rings. The minimum atomic E-state index is -0.287. The van der Waals surface area contributed by atoms with Crippen LogP contribution in [0.1, 0.15) is 20.3 Å². The Bertz CT molecular complexity index is 339. The monoisotopic (exact) mass is 232 g/mol. The molecular weight excluding hydrogens is 220 g/mol. The van der Waals surface area contributed by atoms with Crippen LogP contribution in [0.3, 0.4) is 0 Å². The van der Waals surface area contributed by atoms with Crippen molar-refractivity contribution in [1.29, 1.82) is 0 Å². The molecule has 1 saturated heterocycles. The average molecular weight is 233 g/mol. The third-order valence-electron chi connectivity index (χ3n) is 2.83. The van der Waals surface area contributed by atoms with Crippen LogP contribution in [0.25, 0.3) is 0 Å². The van der Waals surface area contributed by atoms with Gasteiger partial charge in [0.1, 0.15) is 5.15 Å². The Morgan fingerprint density at radius 3 is 2.86 bits per heavy atom. The molecule has 1 atom stereocenters. The lowest BCUT2D eigenvalue weighted by Gasteiger charge is -2.33. The van der Waals surface area contributed by atoms with Crippen LogP contribution in [-0.2, 0) is 0 Å². The maximum Gasteiger partial charge on any atom is 0.187 e. The summed E-state index contributed by atoms with van der Waals surface area (Å²) in [7, 11) is 0. The van der Waals surface area contributed by atoms with Crippen molar-refractivity contribution in [2.24, 2.45) is 0 Å². The van der Waals surface area contributed by atoms with E-state index in [-0.39, 0.29) is 11.6 Å². The first kappa shape index (κ1) is 10.2. The molecule has 0 aromatic carbocycles. The zero-order chi connectivity index (χ0) is 10.3. The summed E-state index contributed by atoms with van der Waals surface area (Å²) in [4.78, 5) is 6.34. The first-order valence-corrected chi connectivity index (χ1v) is 5.84. The van der Waals surface area contributed by atoms with Gasteiger partial charge in [-0.1, -0.05) is 11.6 Å². The Kier molecular flexibility index (Phi) is 2.45. The van der Waals surface area contributed by atoms with Gasteiger partial charge in [-0.2, -0.15) is 0 Å². The molecule has 0 radical (unpaired) electrons. The van der Waals surface area contributed by atoms with E-state index in [0.29, 0.717) is 5.15 Å². The molecule has 14 heavy (non-hydrogen) atoms. The Hall–Kier alpha value is -0.320. The zero-order valence-corrected chi connectivity index (χ0v) is 9.77. The first-order valence-electron chi connectivity index (χ1n) is 4.58.